The maximum absolute atomic E-state index is 10.5. The van der Waals surface area contributed by atoms with Crippen molar-refractivity contribution in [2.75, 3.05) is 6.61 Å². The average Bonchev–Trinajstić information content (AvgIpc) is 1.82. The van der Waals surface area contributed by atoms with Crippen molar-refractivity contribution in [1.82, 2.24) is 5.23 Å². The predicted molar refractivity (Wildman–Crippen MR) is 36.2 cm³/mol. The standard InChI is InChI=1S/C4H8B2NO2/c1-3(9)4(2-8)7-6-5/h4,7-8H,2H2,1H3/t4-/m0/s1. The Hall–Kier alpha value is -0.440. The molecule has 0 aromatic heterocycles. The molecule has 9 heavy (non-hydrogen) atoms. The van der Waals surface area contributed by atoms with Gasteiger partial charge in [0, 0.05) is 0 Å². The van der Waals surface area contributed by atoms with Crippen molar-refractivity contribution in [1.29, 1.82) is 0 Å². The van der Waals surface area contributed by atoms with E-state index in [-0.39, 0.29) is 12.4 Å². The van der Waals surface area contributed by atoms with Crippen LogP contribution in [0, 0.1) is 0 Å². The first-order valence-electron chi connectivity index (χ1n) is 2.63. The molecule has 5 heteroatoms. The van der Waals surface area contributed by atoms with Crippen molar-refractivity contribution in [3.8, 4) is 0 Å². The molecule has 47 valence electrons. The summed E-state index contributed by atoms with van der Waals surface area (Å²) in [5, 5.41) is 11.0. The summed E-state index contributed by atoms with van der Waals surface area (Å²) in [7, 11) is 4.94. The van der Waals surface area contributed by atoms with Gasteiger partial charge in [-0.15, -0.1) is 0 Å². The van der Waals surface area contributed by atoms with Gasteiger partial charge in [0.05, 0.1) is 0 Å². The molecule has 0 heterocycles. The Morgan fingerprint density at radius 1 is 2.00 bits per heavy atom. The van der Waals surface area contributed by atoms with Crippen LogP contribution in [0.15, 0.2) is 0 Å². The Bertz CT molecular complexity index is 117. The summed E-state index contributed by atoms with van der Waals surface area (Å²) in [6.07, 6.45) is 0. The molecular weight excluding hydrogens is 116 g/mol. The molecule has 0 spiro atoms. The summed E-state index contributed by atoms with van der Waals surface area (Å²) < 4.78 is 0. The van der Waals surface area contributed by atoms with E-state index < -0.39 is 6.04 Å². The number of hydrogen-bond donors (Lipinski definition) is 2. The predicted octanol–water partition coefficient (Wildman–Crippen LogP) is -1.77. The van der Waals surface area contributed by atoms with E-state index in [2.05, 4.69) is 5.23 Å². The molecule has 0 saturated carbocycles. The fourth-order valence-electron chi connectivity index (χ4n) is 0.415. The summed E-state index contributed by atoms with van der Waals surface area (Å²) in [4.78, 5) is 10.5. The molecule has 0 rings (SSSR count). The van der Waals surface area contributed by atoms with E-state index in [4.69, 9.17) is 12.5 Å². The van der Waals surface area contributed by atoms with E-state index in [9.17, 15) is 4.79 Å². The van der Waals surface area contributed by atoms with Gasteiger partial charge in [-0.05, 0) is 0 Å². The molecule has 3 nitrogen and oxygen atoms in total. The Labute approximate surface area is 55.7 Å². The molecular formula is C4H8B2NO2. The van der Waals surface area contributed by atoms with Gasteiger partial charge in [0.25, 0.3) is 0 Å². The third-order valence-electron chi connectivity index (χ3n) is 0.971. The van der Waals surface area contributed by atoms with Crippen LogP contribution in [0.4, 0.5) is 0 Å². The van der Waals surface area contributed by atoms with E-state index in [0.717, 1.165) is 6.94 Å². The number of aliphatic hydroxyl groups is 1. The van der Waals surface area contributed by atoms with Crippen molar-refractivity contribution in [2.24, 2.45) is 0 Å². The van der Waals surface area contributed by atoms with Gasteiger partial charge in [0.2, 0.25) is 0 Å². The minimum absolute atomic E-state index is 0.126. The van der Waals surface area contributed by atoms with Crippen molar-refractivity contribution < 1.29 is 9.90 Å². The van der Waals surface area contributed by atoms with Crippen molar-refractivity contribution in [3.05, 3.63) is 0 Å². The number of carbonyl (C=O) groups is 1. The first-order valence-corrected chi connectivity index (χ1v) is 2.63. The number of aliphatic hydroxyl groups excluding tert-OH is 1. The Morgan fingerprint density at radius 3 is 2.67 bits per heavy atom. The zero-order valence-corrected chi connectivity index (χ0v) is 5.29. The van der Waals surface area contributed by atoms with Crippen LogP contribution in [0.3, 0.4) is 0 Å². The van der Waals surface area contributed by atoms with Gasteiger partial charge < -0.3 is 0 Å². The van der Waals surface area contributed by atoms with Gasteiger partial charge in [-0.25, -0.2) is 0 Å². The second kappa shape index (κ2) is 4.44. The van der Waals surface area contributed by atoms with E-state index in [1.165, 1.54) is 6.92 Å². The van der Waals surface area contributed by atoms with Gasteiger partial charge in [0.1, 0.15) is 0 Å². The van der Waals surface area contributed by atoms with Crippen molar-refractivity contribution in [2.45, 2.75) is 13.0 Å². The topological polar surface area (TPSA) is 49.3 Å². The summed E-state index contributed by atoms with van der Waals surface area (Å²) >= 11 is 0. The summed E-state index contributed by atoms with van der Waals surface area (Å²) in [6.45, 7) is 2.31. The van der Waals surface area contributed by atoms with Crippen LogP contribution in [-0.4, -0.2) is 37.8 Å². The van der Waals surface area contributed by atoms with Crippen molar-refractivity contribution >= 4 is 20.1 Å². The molecule has 0 aliphatic heterocycles. The summed E-state index contributed by atoms with van der Waals surface area (Å²) in [6, 6.07) is -0.546. The van der Waals surface area contributed by atoms with Crippen LogP contribution in [0.1, 0.15) is 6.92 Å². The number of Topliss-reactive ketones (excluding diaryl/α,β-unsaturated/α-hetero) is 1. The van der Waals surface area contributed by atoms with E-state index in [1.54, 1.807) is 0 Å². The molecule has 0 bridgehead atoms. The summed E-state index contributed by atoms with van der Waals surface area (Å²) in [5.41, 5.74) is 0. The van der Waals surface area contributed by atoms with E-state index in [0.29, 0.717) is 0 Å². The third kappa shape index (κ3) is 3.19. The fraction of sp³-hybridized carbons (Fsp3) is 0.750. The Morgan fingerprint density at radius 2 is 2.56 bits per heavy atom. The zero-order chi connectivity index (χ0) is 7.28. The molecule has 0 aliphatic carbocycles. The maximum atomic E-state index is 10.5. The molecule has 0 aromatic carbocycles. The fourth-order valence-corrected chi connectivity index (χ4v) is 0.415. The van der Waals surface area contributed by atoms with E-state index >= 15 is 0 Å². The van der Waals surface area contributed by atoms with Crippen LogP contribution in [-0.2, 0) is 4.79 Å². The third-order valence-corrected chi connectivity index (χ3v) is 0.971. The molecule has 0 saturated heterocycles. The van der Waals surface area contributed by atoms with Crippen LogP contribution in [0.5, 0.6) is 0 Å². The molecule has 0 amide bonds. The molecule has 1 radical (unpaired) electrons. The summed E-state index contributed by atoms with van der Waals surface area (Å²) in [5.74, 6) is -0.126. The van der Waals surface area contributed by atoms with Gasteiger partial charge in [-0.3, -0.25) is 0 Å². The first kappa shape index (κ1) is 8.56. The average molecular weight is 124 g/mol. The van der Waals surface area contributed by atoms with E-state index in [1.807, 2.05) is 0 Å². The molecule has 0 unspecified atom stereocenters. The Balaban J connectivity index is 3.67. The zero-order valence-electron chi connectivity index (χ0n) is 5.29. The van der Waals surface area contributed by atoms with Crippen LogP contribution in [0.25, 0.3) is 0 Å². The molecule has 0 aromatic rings. The molecule has 0 aliphatic rings. The molecule has 2 N–H and O–H groups in total. The first-order chi connectivity index (χ1) is 4.22. The number of carbonyl (C=O) groups excluding carboxylic acids is 1. The van der Waals surface area contributed by atoms with Gasteiger partial charge >= 0.3 is 54.8 Å². The molecule has 1 atom stereocenters. The van der Waals surface area contributed by atoms with Crippen LogP contribution in [0.2, 0.25) is 0 Å². The normalized spacial score (nSPS) is 11.7. The number of ketones is 1. The van der Waals surface area contributed by atoms with Crippen molar-refractivity contribution in [3.63, 3.8) is 0 Å². The quantitative estimate of drug-likeness (QED) is 0.435. The monoisotopic (exact) mass is 124 g/mol. The van der Waals surface area contributed by atoms with Crippen LogP contribution >= 0.6 is 0 Å². The second-order valence-corrected chi connectivity index (χ2v) is 1.68. The van der Waals surface area contributed by atoms with Crippen LogP contribution < -0.4 is 5.23 Å². The minimum atomic E-state index is -0.546. The molecule has 0 fully saturated rings. The SMILES string of the molecule is [B]=BN[C@@H](CO)C(C)=O. The van der Waals surface area contributed by atoms with Gasteiger partial charge in [-0.1, -0.05) is 0 Å². The Kier molecular flexibility index (Phi) is 4.22. The number of nitrogens with one attached hydrogen (secondary N) is 1. The second-order valence-electron chi connectivity index (χ2n) is 1.68. The van der Waals surface area contributed by atoms with Gasteiger partial charge in [-0.2, -0.15) is 0 Å². The van der Waals surface area contributed by atoms with Gasteiger partial charge in [0.15, 0.2) is 0 Å². The number of hydrogen-bond acceptors (Lipinski definition) is 3. The number of rotatable bonds is 4.